The first-order chi connectivity index (χ1) is 11.0. The van der Waals surface area contributed by atoms with E-state index in [1.165, 1.54) is 6.08 Å². The van der Waals surface area contributed by atoms with Crippen LogP contribution in [-0.2, 0) is 4.79 Å². The fourth-order valence-corrected chi connectivity index (χ4v) is 3.54. The summed E-state index contributed by atoms with van der Waals surface area (Å²) in [4.78, 5) is 25.6. The third kappa shape index (κ3) is 3.79. The van der Waals surface area contributed by atoms with E-state index < -0.39 is 0 Å². The summed E-state index contributed by atoms with van der Waals surface area (Å²) in [5.41, 5.74) is 0.741. The molecule has 0 atom stereocenters. The zero-order valence-electron chi connectivity index (χ0n) is 12.8. The van der Waals surface area contributed by atoms with Gasteiger partial charge < -0.3 is 9.47 Å². The molecule has 2 amide bonds. The van der Waals surface area contributed by atoms with Crippen molar-refractivity contribution < 1.29 is 19.1 Å². The van der Waals surface area contributed by atoms with Gasteiger partial charge in [0.05, 0.1) is 23.1 Å². The minimum Gasteiger partial charge on any atom is -0.492 e. The van der Waals surface area contributed by atoms with Gasteiger partial charge in [0.15, 0.2) is 11.5 Å². The van der Waals surface area contributed by atoms with Crippen molar-refractivity contribution >= 4 is 44.9 Å². The minimum atomic E-state index is -0.315. The molecule has 5 nitrogen and oxygen atoms in total. The number of carbonyl (C=O) groups is 2. The third-order valence-corrected chi connectivity index (χ3v) is 4.52. The van der Waals surface area contributed by atoms with Crippen molar-refractivity contribution in [3.05, 3.63) is 39.7 Å². The molecular formula is C16H16BrNO4S. The number of hydrogen-bond donors (Lipinski definition) is 0. The summed E-state index contributed by atoms with van der Waals surface area (Å²) in [6, 6.07) is 3.58. The maximum atomic E-state index is 12.2. The molecular weight excluding hydrogens is 382 g/mol. The molecule has 7 heteroatoms. The van der Waals surface area contributed by atoms with E-state index in [2.05, 4.69) is 22.5 Å². The van der Waals surface area contributed by atoms with Crippen molar-refractivity contribution in [3.63, 3.8) is 0 Å². The molecule has 122 valence electrons. The van der Waals surface area contributed by atoms with Gasteiger partial charge in [0.25, 0.3) is 11.1 Å². The third-order valence-electron chi connectivity index (χ3n) is 3.02. The summed E-state index contributed by atoms with van der Waals surface area (Å²) < 4.78 is 11.6. The molecule has 1 aromatic rings. The van der Waals surface area contributed by atoms with Crippen LogP contribution in [-0.4, -0.2) is 36.3 Å². The van der Waals surface area contributed by atoms with Crippen LogP contribution in [0.2, 0.25) is 0 Å². The number of benzene rings is 1. The highest BCUT2D eigenvalue weighted by molar-refractivity contribution is 9.10. The summed E-state index contributed by atoms with van der Waals surface area (Å²) in [7, 11) is 1.56. The van der Waals surface area contributed by atoms with Gasteiger partial charge in [-0.15, -0.1) is 6.58 Å². The van der Waals surface area contributed by atoms with Crippen LogP contribution >= 0.6 is 27.7 Å². The lowest BCUT2D eigenvalue weighted by molar-refractivity contribution is -0.122. The normalized spacial score (nSPS) is 16.1. The van der Waals surface area contributed by atoms with Gasteiger partial charge in [-0.1, -0.05) is 6.08 Å². The first-order valence-electron chi connectivity index (χ1n) is 6.88. The number of rotatable bonds is 6. The lowest BCUT2D eigenvalue weighted by Crippen LogP contribution is -2.27. The van der Waals surface area contributed by atoms with E-state index in [0.717, 1.165) is 22.2 Å². The molecule has 0 saturated carbocycles. The van der Waals surface area contributed by atoms with E-state index in [1.54, 1.807) is 19.3 Å². The molecule has 0 radical (unpaired) electrons. The molecule has 0 aromatic heterocycles. The van der Waals surface area contributed by atoms with Crippen LogP contribution in [0.3, 0.4) is 0 Å². The quantitative estimate of drug-likeness (QED) is 0.534. The topological polar surface area (TPSA) is 55.8 Å². The number of ether oxygens (including phenoxy) is 2. The molecule has 0 aliphatic carbocycles. The van der Waals surface area contributed by atoms with Gasteiger partial charge in [0.2, 0.25) is 0 Å². The Bertz CT molecular complexity index is 687. The van der Waals surface area contributed by atoms with E-state index in [0.29, 0.717) is 27.5 Å². The van der Waals surface area contributed by atoms with E-state index in [4.69, 9.17) is 9.47 Å². The van der Waals surface area contributed by atoms with Crippen LogP contribution < -0.4 is 9.47 Å². The van der Waals surface area contributed by atoms with E-state index in [-0.39, 0.29) is 17.7 Å². The number of hydrogen-bond acceptors (Lipinski definition) is 5. The summed E-state index contributed by atoms with van der Waals surface area (Å²) >= 11 is 4.34. The number of amides is 2. The Hall–Kier alpha value is -1.73. The van der Waals surface area contributed by atoms with Crippen LogP contribution in [0.25, 0.3) is 6.08 Å². The molecule has 0 N–H and O–H groups in total. The summed E-state index contributed by atoms with van der Waals surface area (Å²) in [5, 5.41) is -0.293. The maximum Gasteiger partial charge on any atom is 0.293 e. The summed E-state index contributed by atoms with van der Waals surface area (Å²) in [6.07, 6.45) is 3.19. The molecule has 1 heterocycles. The van der Waals surface area contributed by atoms with Gasteiger partial charge >= 0.3 is 0 Å². The minimum absolute atomic E-state index is 0.207. The van der Waals surface area contributed by atoms with Gasteiger partial charge in [0.1, 0.15) is 0 Å². The van der Waals surface area contributed by atoms with Gasteiger partial charge in [-0.05, 0) is 58.4 Å². The van der Waals surface area contributed by atoms with E-state index >= 15 is 0 Å². The SMILES string of the molecule is C=CCN1C(=O)S/C(=C/c2cc(Br)c(OC)c(OCC)c2)C1=O. The summed E-state index contributed by atoms with van der Waals surface area (Å²) in [5.74, 6) is 0.842. The molecule has 0 spiro atoms. The lowest BCUT2D eigenvalue weighted by atomic mass is 10.2. The number of carbonyl (C=O) groups excluding carboxylic acids is 2. The van der Waals surface area contributed by atoms with Crippen LogP contribution in [0, 0.1) is 0 Å². The van der Waals surface area contributed by atoms with Crippen molar-refractivity contribution in [1.29, 1.82) is 0 Å². The Morgan fingerprint density at radius 1 is 1.39 bits per heavy atom. The largest absolute Gasteiger partial charge is 0.492 e. The van der Waals surface area contributed by atoms with Crippen LogP contribution in [0.4, 0.5) is 4.79 Å². The molecule has 1 aromatic carbocycles. The van der Waals surface area contributed by atoms with Crippen molar-refractivity contribution in [2.75, 3.05) is 20.3 Å². The first kappa shape index (κ1) is 17.6. The van der Waals surface area contributed by atoms with Gasteiger partial charge in [-0.25, -0.2) is 0 Å². The highest BCUT2D eigenvalue weighted by atomic mass is 79.9. The summed E-state index contributed by atoms with van der Waals surface area (Å²) in [6.45, 7) is 6.12. The second kappa shape index (κ2) is 7.70. The number of thioether (sulfide) groups is 1. The molecule has 23 heavy (non-hydrogen) atoms. The Labute approximate surface area is 147 Å². The second-order valence-corrected chi connectivity index (χ2v) is 6.40. The van der Waals surface area contributed by atoms with Crippen molar-refractivity contribution in [3.8, 4) is 11.5 Å². The van der Waals surface area contributed by atoms with Gasteiger partial charge in [-0.2, -0.15) is 0 Å². The molecule has 1 aliphatic heterocycles. The Morgan fingerprint density at radius 3 is 2.74 bits per heavy atom. The Morgan fingerprint density at radius 2 is 2.13 bits per heavy atom. The van der Waals surface area contributed by atoms with Crippen molar-refractivity contribution in [1.82, 2.24) is 4.90 Å². The average molecular weight is 398 g/mol. The fraction of sp³-hybridized carbons (Fsp3) is 0.250. The molecule has 2 rings (SSSR count). The van der Waals surface area contributed by atoms with E-state index in [9.17, 15) is 9.59 Å². The predicted octanol–water partition coefficient (Wildman–Crippen LogP) is 4.08. The Kier molecular flexibility index (Phi) is 5.90. The number of halogens is 1. The highest BCUT2D eigenvalue weighted by Crippen LogP contribution is 2.38. The number of methoxy groups -OCH3 is 1. The standard InChI is InChI=1S/C16H16BrNO4S/c1-4-6-18-15(19)13(23-16(18)20)9-10-7-11(17)14(21-3)12(8-10)22-5-2/h4,7-9H,1,5-6H2,2-3H3/b13-9+. The first-order valence-corrected chi connectivity index (χ1v) is 8.49. The highest BCUT2D eigenvalue weighted by Gasteiger charge is 2.34. The van der Waals surface area contributed by atoms with E-state index in [1.807, 2.05) is 13.0 Å². The fourth-order valence-electron chi connectivity index (χ4n) is 2.07. The van der Waals surface area contributed by atoms with Crippen LogP contribution in [0.5, 0.6) is 11.5 Å². The van der Waals surface area contributed by atoms with Crippen molar-refractivity contribution in [2.24, 2.45) is 0 Å². The monoisotopic (exact) mass is 397 g/mol. The maximum absolute atomic E-state index is 12.2. The van der Waals surface area contributed by atoms with Crippen molar-refractivity contribution in [2.45, 2.75) is 6.92 Å². The molecule has 1 fully saturated rings. The van der Waals surface area contributed by atoms with Crippen LogP contribution in [0.1, 0.15) is 12.5 Å². The van der Waals surface area contributed by atoms with Gasteiger partial charge in [0, 0.05) is 6.54 Å². The smallest absolute Gasteiger partial charge is 0.293 e. The van der Waals surface area contributed by atoms with Gasteiger partial charge in [-0.3, -0.25) is 14.5 Å². The molecule has 0 unspecified atom stereocenters. The Balaban J connectivity index is 2.38. The molecule has 0 bridgehead atoms. The number of nitrogens with zero attached hydrogens (tertiary/aromatic N) is 1. The zero-order valence-corrected chi connectivity index (χ0v) is 15.2. The zero-order chi connectivity index (χ0) is 17.0. The number of imide groups is 1. The average Bonchev–Trinajstić information content (AvgIpc) is 2.75. The predicted molar refractivity (Wildman–Crippen MR) is 94.7 cm³/mol. The molecule has 1 aliphatic rings. The lowest BCUT2D eigenvalue weighted by Gasteiger charge is -2.12. The second-order valence-electron chi connectivity index (χ2n) is 4.55. The molecule has 1 saturated heterocycles. The van der Waals surface area contributed by atoms with Crippen LogP contribution in [0.15, 0.2) is 34.2 Å².